The van der Waals surface area contributed by atoms with E-state index >= 15 is 0 Å². The zero-order chi connectivity index (χ0) is 17.6. The Labute approximate surface area is 155 Å². The summed E-state index contributed by atoms with van der Waals surface area (Å²) in [6.07, 6.45) is 7.97. The van der Waals surface area contributed by atoms with Crippen molar-refractivity contribution in [2.75, 3.05) is 25.5 Å². The van der Waals surface area contributed by atoms with Crippen LogP contribution in [0.2, 0.25) is 5.02 Å². The van der Waals surface area contributed by atoms with Gasteiger partial charge in [0, 0.05) is 34.4 Å². The molecule has 136 valence electrons. The van der Waals surface area contributed by atoms with E-state index in [-0.39, 0.29) is 0 Å². The highest BCUT2D eigenvalue weighted by atomic mass is 35.5. The Bertz CT molecular complexity index is 716. The van der Waals surface area contributed by atoms with Crippen LogP contribution >= 0.6 is 11.6 Å². The Hall–Kier alpha value is -1.36. The lowest BCUT2D eigenvalue weighted by atomic mass is 9.92. The van der Waals surface area contributed by atoms with E-state index in [1.54, 1.807) is 0 Å². The highest BCUT2D eigenvalue weighted by molar-refractivity contribution is 6.31. The number of aromatic nitrogens is 1. The number of nitrogens with zero attached hydrogens (tertiary/aromatic N) is 1. The summed E-state index contributed by atoms with van der Waals surface area (Å²) in [7, 11) is 2.02. The minimum Gasteiger partial charge on any atom is -0.384 e. The molecule has 3 rings (SSSR count). The van der Waals surface area contributed by atoms with Crippen LogP contribution < -0.4 is 16.4 Å². The number of rotatable bonds is 8. The number of anilines is 1. The van der Waals surface area contributed by atoms with Crippen LogP contribution in [0.25, 0.3) is 10.9 Å². The summed E-state index contributed by atoms with van der Waals surface area (Å²) in [6.45, 7) is 1.71. The first-order valence-corrected chi connectivity index (χ1v) is 9.83. The summed E-state index contributed by atoms with van der Waals surface area (Å²) >= 11 is 6.18. The molecule has 1 atom stereocenters. The molecule has 1 aliphatic carbocycles. The third-order valence-corrected chi connectivity index (χ3v) is 5.41. The smallest absolute Gasteiger partial charge is 0.0741 e. The minimum atomic E-state index is 0.508. The molecule has 4 N–H and O–H groups in total. The average molecular weight is 361 g/mol. The molecular formula is C20H29ClN4. The van der Waals surface area contributed by atoms with Crippen LogP contribution in [-0.4, -0.2) is 31.2 Å². The van der Waals surface area contributed by atoms with Gasteiger partial charge in [0.05, 0.1) is 5.52 Å². The van der Waals surface area contributed by atoms with Gasteiger partial charge in [-0.05, 0) is 82.3 Å². The number of hydrogen-bond donors (Lipinski definition) is 3. The normalized spacial score (nSPS) is 15.2. The van der Waals surface area contributed by atoms with Crippen molar-refractivity contribution in [2.24, 2.45) is 5.73 Å². The quantitative estimate of drug-likeness (QED) is 0.625. The number of pyridine rings is 1. The molecule has 0 spiro atoms. The summed E-state index contributed by atoms with van der Waals surface area (Å²) in [4.78, 5) is 4.88. The van der Waals surface area contributed by atoms with Crippen molar-refractivity contribution in [3.63, 3.8) is 0 Å². The number of aryl methyl sites for hydroxylation is 1. The molecule has 0 amide bonds. The number of nitrogens with one attached hydrogen (secondary N) is 2. The summed E-state index contributed by atoms with van der Waals surface area (Å²) in [6, 6.07) is 6.56. The SMILES string of the molecule is CNC(CCN)CCCNc1c2c(nc3cc(Cl)ccc13)CCCC2. The first-order chi connectivity index (χ1) is 12.2. The second-order valence-corrected chi connectivity index (χ2v) is 7.35. The van der Waals surface area contributed by atoms with E-state index in [0.717, 1.165) is 55.7 Å². The lowest BCUT2D eigenvalue weighted by Gasteiger charge is -2.22. The monoisotopic (exact) mass is 360 g/mol. The van der Waals surface area contributed by atoms with Crippen molar-refractivity contribution >= 4 is 28.2 Å². The lowest BCUT2D eigenvalue weighted by molar-refractivity contribution is 0.485. The molecule has 0 saturated heterocycles. The minimum absolute atomic E-state index is 0.508. The summed E-state index contributed by atoms with van der Waals surface area (Å²) in [5.41, 5.74) is 10.6. The van der Waals surface area contributed by atoms with E-state index in [2.05, 4.69) is 16.7 Å². The molecule has 2 aromatic rings. The van der Waals surface area contributed by atoms with Gasteiger partial charge in [0.25, 0.3) is 0 Å². The topological polar surface area (TPSA) is 63.0 Å². The Morgan fingerprint density at radius 1 is 1.24 bits per heavy atom. The van der Waals surface area contributed by atoms with Crippen LogP contribution in [0.5, 0.6) is 0 Å². The third-order valence-electron chi connectivity index (χ3n) is 5.18. The van der Waals surface area contributed by atoms with Crippen molar-refractivity contribution < 1.29 is 0 Å². The summed E-state index contributed by atoms with van der Waals surface area (Å²) in [5.74, 6) is 0. The van der Waals surface area contributed by atoms with Gasteiger partial charge in [0.1, 0.15) is 0 Å². The zero-order valence-corrected chi connectivity index (χ0v) is 15.8. The van der Waals surface area contributed by atoms with Gasteiger partial charge in [-0.1, -0.05) is 11.6 Å². The van der Waals surface area contributed by atoms with Crippen molar-refractivity contribution in [1.29, 1.82) is 0 Å². The van der Waals surface area contributed by atoms with Crippen molar-refractivity contribution in [3.05, 3.63) is 34.5 Å². The van der Waals surface area contributed by atoms with Gasteiger partial charge in [-0.15, -0.1) is 0 Å². The number of nitrogens with two attached hydrogens (primary N) is 1. The van der Waals surface area contributed by atoms with Crippen molar-refractivity contribution in [2.45, 2.75) is 51.0 Å². The highest BCUT2D eigenvalue weighted by Gasteiger charge is 2.18. The maximum absolute atomic E-state index is 6.18. The van der Waals surface area contributed by atoms with E-state index in [4.69, 9.17) is 22.3 Å². The van der Waals surface area contributed by atoms with Gasteiger partial charge in [0.15, 0.2) is 0 Å². The van der Waals surface area contributed by atoms with E-state index in [1.807, 2.05) is 19.2 Å². The molecule has 0 radical (unpaired) electrons. The molecule has 1 aliphatic rings. The fraction of sp³-hybridized carbons (Fsp3) is 0.550. The second kappa shape index (κ2) is 8.84. The van der Waals surface area contributed by atoms with Gasteiger partial charge >= 0.3 is 0 Å². The molecule has 0 saturated carbocycles. The fourth-order valence-corrected chi connectivity index (χ4v) is 3.96. The number of halogens is 1. The van der Waals surface area contributed by atoms with Gasteiger partial charge in [0.2, 0.25) is 0 Å². The molecular weight excluding hydrogens is 332 g/mol. The van der Waals surface area contributed by atoms with Crippen molar-refractivity contribution in [3.8, 4) is 0 Å². The van der Waals surface area contributed by atoms with Crippen LogP contribution in [0.4, 0.5) is 5.69 Å². The Morgan fingerprint density at radius 2 is 2.08 bits per heavy atom. The largest absolute Gasteiger partial charge is 0.384 e. The zero-order valence-electron chi connectivity index (χ0n) is 15.1. The Morgan fingerprint density at radius 3 is 2.88 bits per heavy atom. The van der Waals surface area contributed by atoms with Gasteiger partial charge in [-0.25, -0.2) is 0 Å². The molecule has 5 heteroatoms. The van der Waals surface area contributed by atoms with Gasteiger partial charge in [-0.3, -0.25) is 4.98 Å². The first kappa shape index (κ1) is 18.4. The van der Waals surface area contributed by atoms with E-state index < -0.39 is 0 Å². The summed E-state index contributed by atoms with van der Waals surface area (Å²) in [5, 5.41) is 9.01. The lowest BCUT2D eigenvalue weighted by Crippen LogP contribution is -2.28. The van der Waals surface area contributed by atoms with Crippen LogP contribution in [0, 0.1) is 0 Å². The maximum atomic E-state index is 6.18. The molecule has 0 aliphatic heterocycles. The van der Waals surface area contributed by atoms with E-state index in [9.17, 15) is 0 Å². The number of hydrogen-bond acceptors (Lipinski definition) is 4. The molecule has 0 bridgehead atoms. The predicted octanol–water partition coefficient (Wildman–Crippen LogP) is 3.90. The molecule has 1 aromatic heterocycles. The predicted molar refractivity (Wildman–Crippen MR) is 108 cm³/mol. The molecule has 25 heavy (non-hydrogen) atoms. The number of fused-ring (bicyclic) bond motifs is 2. The van der Waals surface area contributed by atoms with E-state index in [0.29, 0.717) is 6.04 Å². The van der Waals surface area contributed by atoms with Crippen molar-refractivity contribution in [1.82, 2.24) is 10.3 Å². The van der Waals surface area contributed by atoms with Crippen LogP contribution in [0.15, 0.2) is 18.2 Å². The molecule has 1 unspecified atom stereocenters. The summed E-state index contributed by atoms with van der Waals surface area (Å²) < 4.78 is 0. The van der Waals surface area contributed by atoms with Gasteiger partial charge < -0.3 is 16.4 Å². The molecule has 1 aromatic carbocycles. The first-order valence-electron chi connectivity index (χ1n) is 9.45. The fourth-order valence-electron chi connectivity index (χ4n) is 3.80. The highest BCUT2D eigenvalue weighted by Crippen LogP contribution is 2.34. The third kappa shape index (κ3) is 4.43. The maximum Gasteiger partial charge on any atom is 0.0741 e. The van der Waals surface area contributed by atoms with Crippen LogP contribution in [-0.2, 0) is 12.8 Å². The standard InChI is InChI=1S/C20H29ClN4/c1-23-15(10-11-22)5-4-12-24-20-16-6-2-3-7-18(16)25-19-13-14(21)8-9-17(19)20/h8-9,13,15,23H,2-7,10-12,22H2,1H3,(H,24,25). The Balaban J connectivity index is 1.77. The van der Waals surface area contributed by atoms with E-state index in [1.165, 1.54) is 35.2 Å². The number of benzene rings is 1. The average Bonchev–Trinajstić information content (AvgIpc) is 2.63. The van der Waals surface area contributed by atoms with Gasteiger partial charge in [-0.2, -0.15) is 0 Å². The van der Waals surface area contributed by atoms with Crippen LogP contribution in [0.3, 0.4) is 0 Å². The second-order valence-electron chi connectivity index (χ2n) is 6.91. The molecule has 1 heterocycles. The van der Waals surface area contributed by atoms with Crippen LogP contribution in [0.1, 0.15) is 43.4 Å². The molecule has 4 nitrogen and oxygen atoms in total. The molecule has 0 fully saturated rings. The Kier molecular flexibility index (Phi) is 6.51.